The number of ether oxygens (including phenoxy) is 1. The molecule has 0 saturated carbocycles. The van der Waals surface area contributed by atoms with Gasteiger partial charge in [-0.3, -0.25) is 4.79 Å². The first-order chi connectivity index (χ1) is 12.0. The Morgan fingerprint density at radius 2 is 1.96 bits per heavy atom. The van der Waals surface area contributed by atoms with Crippen LogP contribution in [0.15, 0.2) is 46.9 Å². The molecule has 2 aromatic carbocycles. The van der Waals surface area contributed by atoms with Crippen LogP contribution in [0.4, 0.5) is 0 Å². The predicted molar refractivity (Wildman–Crippen MR) is 105 cm³/mol. The summed E-state index contributed by atoms with van der Waals surface area (Å²) in [5.74, 6) is 0.768. The van der Waals surface area contributed by atoms with Crippen molar-refractivity contribution in [3.05, 3.63) is 63.1 Å². The van der Waals surface area contributed by atoms with E-state index in [4.69, 9.17) is 16.3 Å². The minimum Gasteiger partial charge on any atom is -0.496 e. The fraction of sp³-hybridized carbons (Fsp3) is 0.316. The lowest BCUT2D eigenvalue weighted by Gasteiger charge is -2.15. The summed E-state index contributed by atoms with van der Waals surface area (Å²) in [6.07, 6.45) is 0.782. The highest BCUT2D eigenvalue weighted by Gasteiger charge is 2.10. The molecule has 25 heavy (non-hydrogen) atoms. The van der Waals surface area contributed by atoms with Crippen molar-refractivity contribution in [2.75, 3.05) is 20.2 Å². The standard InChI is InChI=1S/C19H22BrClN2O2/c1-13(15-5-8-18(25-2)17(20)11-15)23-12-19(24)22-10-9-14-3-6-16(21)7-4-14/h3-8,11,13,23H,9-10,12H2,1-2H3,(H,22,24). The van der Waals surface area contributed by atoms with E-state index in [0.717, 1.165) is 32.8 Å². The second-order valence-corrected chi connectivity index (χ2v) is 7.01. The lowest BCUT2D eigenvalue weighted by molar-refractivity contribution is -0.120. The van der Waals surface area contributed by atoms with E-state index in [9.17, 15) is 4.79 Å². The first kappa shape index (κ1) is 19.8. The molecule has 2 rings (SSSR count). The third kappa shape index (κ3) is 6.34. The minimum atomic E-state index is -0.0200. The van der Waals surface area contributed by atoms with Gasteiger partial charge in [-0.05, 0) is 64.7 Å². The molecule has 0 bridgehead atoms. The maximum absolute atomic E-state index is 12.0. The van der Waals surface area contributed by atoms with Crippen molar-refractivity contribution in [3.8, 4) is 5.75 Å². The Hall–Kier alpha value is -1.56. The lowest BCUT2D eigenvalue weighted by atomic mass is 10.1. The first-order valence-corrected chi connectivity index (χ1v) is 9.24. The van der Waals surface area contributed by atoms with Crippen molar-refractivity contribution < 1.29 is 9.53 Å². The summed E-state index contributed by atoms with van der Waals surface area (Å²) >= 11 is 9.33. The molecule has 0 radical (unpaired) electrons. The molecule has 2 aromatic rings. The van der Waals surface area contributed by atoms with E-state index in [0.29, 0.717) is 6.54 Å². The minimum absolute atomic E-state index is 0.0200. The van der Waals surface area contributed by atoms with E-state index >= 15 is 0 Å². The van der Waals surface area contributed by atoms with Crippen molar-refractivity contribution in [1.29, 1.82) is 0 Å². The Kier molecular flexibility index (Phi) is 7.75. The van der Waals surface area contributed by atoms with Crippen LogP contribution in [0.2, 0.25) is 5.02 Å². The quantitative estimate of drug-likeness (QED) is 0.669. The van der Waals surface area contributed by atoms with Gasteiger partial charge in [-0.25, -0.2) is 0 Å². The van der Waals surface area contributed by atoms with Crippen LogP contribution in [0.5, 0.6) is 5.75 Å². The second-order valence-electron chi connectivity index (χ2n) is 5.72. The molecule has 2 N–H and O–H groups in total. The number of carbonyl (C=O) groups is 1. The Bertz CT molecular complexity index is 707. The number of benzene rings is 2. The average molecular weight is 426 g/mol. The van der Waals surface area contributed by atoms with E-state index in [1.165, 1.54) is 0 Å². The van der Waals surface area contributed by atoms with Crippen molar-refractivity contribution in [2.24, 2.45) is 0 Å². The van der Waals surface area contributed by atoms with Gasteiger partial charge in [0.1, 0.15) is 5.75 Å². The van der Waals surface area contributed by atoms with Gasteiger partial charge in [-0.15, -0.1) is 0 Å². The van der Waals surface area contributed by atoms with Crippen LogP contribution in [-0.2, 0) is 11.2 Å². The fourth-order valence-electron chi connectivity index (χ4n) is 2.38. The Balaban J connectivity index is 1.73. The summed E-state index contributed by atoms with van der Waals surface area (Å²) in [5, 5.41) is 6.87. The number of amides is 1. The van der Waals surface area contributed by atoms with Crippen LogP contribution in [0.3, 0.4) is 0 Å². The lowest BCUT2D eigenvalue weighted by Crippen LogP contribution is -2.36. The SMILES string of the molecule is COc1ccc(C(C)NCC(=O)NCCc2ccc(Cl)cc2)cc1Br. The van der Waals surface area contributed by atoms with Gasteiger partial charge in [0, 0.05) is 17.6 Å². The van der Waals surface area contributed by atoms with Gasteiger partial charge in [0.15, 0.2) is 0 Å². The van der Waals surface area contributed by atoms with Crippen molar-refractivity contribution >= 4 is 33.4 Å². The summed E-state index contributed by atoms with van der Waals surface area (Å²) in [6.45, 7) is 2.89. The van der Waals surface area contributed by atoms with Crippen molar-refractivity contribution in [1.82, 2.24) is 10.6 Å². The normalized spacial score (nSPS) is 11.8. The van der Waals surface area contributed by atoms with E-state index in [1.54, 1.807) is 7.11 Å². The molecule has 0 saturated heterocycles. The molecule has 1 amide bonds. The molecule has 4 nitrogen and oxygen atoms in total. The van der Waals surface area contributed by atoms with Gasteiger partial charge in [0.2, 0.25) is 5.91 Å². The van der Waals surface area contributed by atoms with Crippen LogP contribution in [-0.4, -0.2) is 26.1 Å². The number of hydrogen-bond acceptors (Lipinski definition) is 3. The molecule has 0 heterocycles. The van der Waals surface area contributed by atoms with Gasteiger partial charge in [-0.1, -0.05) is 29.8 Å². The summed E-state index contributed by atoms with van der Waals surface area (Å²) in [5.41, 5.74) is 2.23. The summed E-state index contributed by atoms with van der Waals surface area (Å²) < 4.78 is 6.12. The average Bonchev–Trinajstić information content (AvgIpc) is 2.61. The van der Waals surface area contributed by atoms with Crippen molar-refractivity contribution in [3.63, 3.8) is 0 Å². The van der Waals surface area contributed by atoms with Crippen molar-refractivity contribution in [2.45, 2.75) is 19.4 Å². The molecule has 0 aromatic heterocycles. The zero-order valence-electron chi connectivity index (χ0n) is 14.3. The summed E-state index contributed by atoms with van der Waals surface area (Å²) in [7, 11) is 1.63. The topological polar surface area (TPSA) is 50.4 Å². The molecule has 134 valence electrons. The predicted octanol–water partition coefficient (Wildman–Crippen LogP) is 4.12. The zero-order valence-corrected chi connectivity index (χ0v) is 16.7. The third-order valence-electron chi connectivity index (χ3n) is 3.89. The zero-order chi connectivity index (χ0) is 18.2. The first-order valence-electron chi connectivity index (χ1n) is 8.07. The van der Waals surface area contributed by atoms with Crippen LogP contribution in [0.25, 0.3) is 0 Å². The van der Waals surface area contributed by atoms with E-state index in [-0.39, 0.29) is 18.5 Å². The number of hydrogen-bond donors (Lipinski definition) is 2. The molecule has 6 heteroatoms. The summed E-state index contributed by atoms with van der Waals surface area (Å²) in [6, 6.07) is 13.6. The molecule has 1 unspecified atom stereocenters. The van der Waals surface area contributed by atoms with Gasteiger partial charge in [-0.2, -0.15) is 0 Å². The van der Waals surface area contributed by atoms with E-state index in [1.807, 2.05) is 49.4 Å². The molecule has 0 spiro atoms. The number of halogens is 2. The highest BCUT2D eigenvalue weighted by Crippen LogP contribution is 2.27. The maximum atomic E-state index is 12.0. The molecular formula is C19H22BrClN2O2. The van der Waals surface area contributed by atoms with Crippen LogP contribution < -0.4 is 15.4 Å². The largest absolute Gasteiger partial charge is 0.496 e. The molecule has 0 aliphatic heterocycles. The molecule has 0 fully saturated rings. The number of carbonyl (C=O) groups excluding carboxylic acids is 1. The highest BCUT2D eigenvalue weighted by atomic mass is 79.9. The molecule has 0 aliphatic carbocycles. The third-order valence-corrected chi connectivity index (χ3v) is 4.77. The van der Waals surface area contributed by atoms with Crippen LogP contribution in [0.1, 0.15) is 24.1 Å². The Morgan fingerprint density at radius 3 is 2.60 bits per heavy atom. The fourth-order valence-corrected chi connectivity index (χ4v) is 3.06. The molecule has 0 aliphatic rings. The van der Waals surface area contributed by atoms with Crippen LogP contribution >= 0.6 is 27.5 Å². The number of rotatable bonds is 8. The number of methoxy groups -OCH3 is 1. The van der Waals surface area contributed by atoms with Gasteiger partial charge in [0.05, 0.1) is 18.1 Å². The van der Waals surface area contributed by atoms with Crippen LogP contribution in [0, 0.1) is 0 Å². The molecule has 1 atom stereocenters. The Morgan fingerprint density at radius 1 is 1.24 bits per heavy atom. The maximum Gasteiger partial charge on any atom is 0.233 e. The van der Waals surface area contributed by atoms with Gasteiger partial charge in [0.25, 0.3) is 0 Å². The second kappa shape index (κ2) is 9.80. The van der Waals surface area contributed by atoms with Gasteiger partial charge >= 0.3 is 0 Å². The van der Waals surface area contributed by atoms with Gasteiger partial charge < -0.3 is 15.4 Å². The van der Waals surface area contributed by atoms with E-state index in [2.05, 4.69) is 26.6 Å². The Labute approximate surface area is 162 Å². The van der Waals surface area contributed by atoms with E-state index < -0.39 is 0 Å². The smallest absolute Gasteiger partial charge is 0.233 e. The monoisotopic (exact) mass is 424 g/mol. The number of nitrogens with one attached hydrogen (secondary N) is 2. The summed E-state index contributed by atoms with van der Waals surface area (Å²) in [4.78, 5) is 12.0. The molecular weight excluding hydrogens is 404 g/mol. The highest BCUT2D eigenvalue weighted by molar-refractivity contribution is 9.10.